The van der Waals surface area contributed by atoms with Crippen LogP contribution in [0.5, 0.6) is 11.5 Å². The summed E-state index contributed by atoms with van der Waals surface area (Å²) < 4.78 is 38.8. The van der Waals surface area contributed by atoms with Crippen molar-refractivity contribution in [3.8, 4) is 11.5 Å². The van der Waals surface area contributed by atoms with E-state index in [0.29, 0.717) is 55.7 Å². The molecular weight excluding hydrogens is 404 g/mol. The van der Waals surface area contributed by atoms with Crippen molar-refractivity contribution in [2.24, 2.45) is 0 Å². The van der Waals surface area contributed by atoms with Gasteiger partial charge in [0.25, 0.3) is 0 Å². The van der Waals surface area contributed by atoms with Crippen LogP contribution in [-0.4, -0.2) is 44.4 Å². The van der Waals surface area contributed by atoms with Gasteiger partial charge in [-0.25, -0.2) is 8.42 Å². The van der Waals surface area contributed by atoms with E-state index in [2.05, 4.69) is 19.2 Å². The SMILES string of the molecule is CC(C)c1cccc(NC(=O)C2CCCN2S(=O)(=O)c2ccc3c(c2)OCCO3)c1. The summed E-state index contributed by atoms with van der Waals surface area (Å²) >= 11 is 0. The zero-order valence-electron chi connectivity index (χ0n) is 17.1. The Morgan fingerprint density at radius 2 is 1.87 bits per heavy atom. The van der Waals surface area contributed by atoms with E-state index in [1.165, 1.54) is 16.4 Å². The highest BCUT2D eigenvalue weighted by molar-refractivity contribution is 7.89. The molecular formula is C22H26N2O5S. The van der Waals surface area contributed by atoms with E-state index in [-0.39, 0.29) is 10.8 Å². The first-order valence-electron chi connectivity index (χ1n) is 10.2. The largest absolute Gasteiger partial charge is 0.486 e. The van der Waals surface area contributed by atoms with Gasteiger partial charge >= 0.3 is 0 Å². The molecule has 1 saturated heterocycles. The molecule has 30 heavy (non-hydrogen) atoms. The average Bonchev–Trinajstić information content (AvgIpc) is 3.24. The Balaban J connectivity index is 1.55. The monoisotopic (exact) mass is 430 g/mol. The van der Waals surface area contributed by atoms with Gasteiger partial charge in [0.15, 0.2) is 11.5 Å². The number of nitrogens with zero attached hydrogens (tertiary/aromatic N) is 1. The Kier molecular flexibility index (Phi) is 5.71. The Hall–Kier alpha value is -2.58. The zero-order chi connectivity index (χ0) is 21.3. The molecule has 1 fully saturated rings. The number of amides is 1. The predicted molar refractivity (Wildman–Crippen MR) is 114 cm³/mol. The van der Waals surface area contributed by atoms with Gasteiger partial charge in [-0.05, 0) is 48.6 Å². The first kappa shape index (κ1) is 20.7. The van der Waals surface area contributed by atoms with E-state index in [4.69, 9.17) is 9.47 Å². The summed E-state index contributed by atoms with van der Waals surface area (Å²) in [4.78, 5) is 13.1. The van der Waals surface area contributed by atoms with Crippen molar-refractivity contribution >= 4 is 21.6 Å². The maximum atomic E-state index is 13.3. The van der Waals surface area contributed by atoms with Crippen molar-refractivity contribution in [3.05, 3.63) is 48.0 Å². The minimum atomic E-state index is -3.84. The van der Waals surface area contributed by atoms with Gasteiger partial charge in [-0.1, -0.05) is 26.0 Å². The lowest BCUT2D eigenvalue weighted by Crippen LogP contribution is -2.43. The molecule has 0 aromatic heterocycles. The van der Waals surface area contributed by atoms with Crippen molar-refractivity contribution in [3.63, 3.8) is 0 Å². The maximum absolute atomic E-state index is 13.3. The fourth-order valence-corrected chi connectivity index (χ4v) is 5.48. The average molecular weight is 431 g/mol. The van der Waals surface area contributed by atoms with E-state index in [1.54, 1.807) is 6.07 Å². The van der Waals surface area contributed by atoms with Gasteiger partial charge in [-0.2, -0.15) is 4.31 Å². The molecule has 2 aliphatic heterocycles. The molecule has 2 aromatic carbocycles. The zero-order valence-corrected chi connectivity index (χ0v) is 17.9. The van der Waals surface area contributed by atoms with Crippen molar-refractivity contribution in [2.75, 3.05) is 25.1 Å². The normalized spacial score (nSPS) is 19.1. The van der Waals surface area contributed by atoms with Crippen LogP contribution in [0.3, 0.4) is 0 Å². The molecule has 8 heteroatoms. The predicted octanol–water partition coefficient (Wildman–Crippen LogP) is 3.37. The van der Waals surface area contributed by atoms with Crippen LogP contribution in [-0.2, 0) is 14.8 Å². The summed E-state index contributed by atoms with van der Waals surface area (Å²) in [6.07, 6.45) is 1.12. The summed E-state index contributed by atoms with van der Waals surface area (Å²) in [5.74, 6) is 0.962. The number of rotatable bonds is 5. The third-order valence-electron chi connectivity index (χ3n) is 5.45. The first-order chi connectivity index (χ1) is 14.4. The first-order valence-corrected chi connectivity index (χ1v) is 11.6. The fraction of sp³-hybridized carbons (Fsp3) is 0.409. The van der Waals surface area contributed by atoms with E-state index in [9.17, 15) is 13.2 Å². The van der Waals surface area contributed by atoms with E-state index < -0.39 is 16.1 Å². The second kappa shape index (κ2) is 8.28. The number of ether oxygens (including phenoxy) is 2. The molecule has 2 aliphatic rings. The number of hydrogen-bond donors (Lipinski definition) is 1. The molecule has 2 heterocycles. The minimum absolute atomic E-state index is 0.105. The van der Waals surface area contributed by atoms with Crippen LogP contribution in [0.15, 0.2) is 47.4 Å². The molecule has 0 saturated carbocycles. The highest BCUT2D eigenvalue weighted by Gasteiger charge is 2.40. The number of fused-ring (bicyclic) bond motifs is 1. The number of benzene rings is 2. The van der Waals surface area contributed by atoms with Crippen LogP contribution < -0.4 is 14.8 Å². The molecule has 1 unspecified atom stereocenters. The quantitative estimate of drug-likeness (QED) is 0.786. The Morgan fingerprint density at radius 1 is 1.10 bits per heavy atom. The van der Waals surface area contributed by atoms with Crippen LogP contribution >= 0.6 is 0 Å². The van der Waals surface area contributed by atoms with Gasteiger partial charge in [-0.15, -0.1) is 0 Å². The number of sulfonamides is 1. The number of carbonyl (C=O) groups is 1. The molecule has 1 amide bonds. The Bertz CT molecular complexity index is 1050. The minimum Gasteiger partial charge on any atom is -0.486 e. The van der Waals surface area contributed by atoms with Crippen LogP contribution in [0.25, 0.3) is 0 Å². The molecule has 0 aliphatic carbocycles. The van der Waals surface area contributed by atoms with Crippen LogP contribution in [0.2, 0.25) is 0 Å². The van der Waals surface area contributed by atoms with E-state index in [0.717, 1.165) is 5.56 Å². The standard InChI is InChI=1S/C22H26N2O5S/c1-15(2)16-5-3-6-17(13-16)23-22(25)19-7-4-10-24(19)30(26,27)18-8-9-20-21(14-18)29-12-11-28-20/h3,5-6,8-9,13-15,19H,4,7,10-12H2,1-2H3,(H,23,25). The summed E-state index contributed by atoms with van der Waals surface area (Å²) in [7, 11) is -3.84. The lowest BCUT2D eigenvalue weighted by Gasteiger charge is -2.25. The lowest BCUT2D eigenvalue weighted by atomic mass is 10.0. The van der Waals surface area contributed by atoms with Gasteiger partial charge < -0.3 is 14.8 Å². The molecule has 0 spiro atoms. The lowest BCUT2D eigenvalue weighted by molar-refractivity contribution is -0.119. The molecule has 2 aromatic rings. The smallest absolute Gasteiger partial charge is 0.243 e. The van der Waals surface area contributed by atoms with Gasteiger partial charge in [-0.3, -0.25) is 4.79 Å². The van der Waals surface area contributed by atoms with Crippen LogP contribution in [0.4, 0.5) is 5.69 Å². The molecule has 0 bridgehead atoms. The molecule has 160 valence electrons. The third-order valence-corrected chi connectivity index (χ3v) is 7.35. The number of nitrogens with one attached hydrogen (secondary N) is 1. The number of carbonyl (C=O) groups excluding carboxylic acids is 1. The summed E-state index contributed by atoms with van der Waals surface area (Å²) in [5, 5.41) is 2.89. The molecule has 1 atom stereocenters. The second-order valence-electron chi connectivity index (χ2n) is 7.85. The van der Waals surface area contributed by atoms with Gasteiger partial charge in [0.2, 0.25) is 15.9 Å². The topological polar surface area (TPSA) is 84.9 Å². The van der Waals surface area contributed by atoms with E-state index >= 15 is 0 Å². The van der Waals surface area contributed by atoms with Crippen molar-refractivity contribution in [2.45, 2.75) is 43.5 Å². The summed E-state index contributed by atoms with van der Waals surface area (Å²) in [6, 6.07) is 11.5. The Labute approximate surface area is 177 Å². The van der Waals surface area contributed by atoms with Crippen molar-refractivity contribution < 1.29 is 22.7 Å². The summed E-state index contributed by atoms with van der Waals surface area (Å²) in [5.41, 5.74) is 1.79. The third kappa shape index (κ3) is 4.02. The molecule has 0 radical (unpaired) electrons. The number of anilines is 1. The van der Waals surface area contributed by atoms with Crippen molar-refractivity contribution in [1.29, 1.82) is 0 Å². The highest BCUT2D eigenvalue weighted by atomic mass is 32.2. The maximum Gasteiger partial charge on any atom is 0.243 e. The fourth-order valence-electron chi connectivity index (χ4n) is 3.81. The van der Waals surface area contributed by atoms with Gasteiger partial charge in [0, 0.05) is 18.3 Å². The van der Waals surface area contributed by atoms with Crippen LogP contribution in [0.1, 0.15) is 38.2 Å². The summed E-state index contributed by atoms with van der Waals surface area (Å²) in [6.45, 7) is 5.28. The Morgan fingerprint density at radius 3 is 2.63 bits per heavy atom. The van der Waals surface area contributed by atoms with E-state index in [1.807, 2.05) is 24.3 Å². The molecule has 4 rings (SSSR count). The number of hydrogen-bond acceptors (Lipinski definition) is 5. The highest BCUT2D eigenvalue weighted by Crippen LogP contribution is 2.35. The molecule has 1 N–H and O–H groups in total. The van der Waals surface area contributed by atoms with Crippen LogP contribution in [0, 0.1) is 0 Å². The molecule has 7 nitrogen and oxygen atoms in total. The second-order valence-corrected chi connectivity index (χ2v) is 9.74. The van der Waals surface area contributed by atoms with Gasteiger partial charge in [0.05, 0.1) is 4.90 Å². The van der Waals surface area contributed by atoms with Crippen molar-refractivity contribution in [1.82, 2.24) is 4.31 Å². The van der Waals surface area contributed by atoms with Gasteiger partial charge in [0.1, 0.15) is 19.3 Å².